The fourth-order valence-corrected chi connectivity index (χ4v) is 2.78. The van der Waals surface area contributed by atoms with Gasteiger partial charge in [-0.1, -0.05) is 37.3 Å². The number of allylic oxidation sites excluding steroid dienone is 2. The highest BCUT2D eigenvalue weighted by Crippen LogP contribution is 2.36. The number of rotatable bonds is 5. The average Bonchev–Trinajstić information content (AvgIpc) is 2.98. The predicted molar refractivity (Wildman–Crippen MR) is 88.5 cm³/mol. The van der Waals surface area contributed by atoms with Crippen molar-refractivity contribution in [2.75, 3.05) is 0 Å². The number of esters is 1. The number of hydrogen-bond acceptors (Lipinski definition) is 3. The van der Waals surface area contributed by atoms with Crippen molar-refractivity contribution in [3.63, 3.8) is 0 Å². The lowest BCUT2D eigenvalue weighted by atomic mass is 9.99. The Hall–Kier alpha value is -2.03. The van der Waals surface area contributed by atoms with Gasteiger partial charge in [0.15, 0.2) is 0 Å². The Balaban J connectivity index is 1.96. The molecule has 1 aromatic carbocycles. The maximum Gasteiger partial charge on any atom is 0.334 e. The van der Waals surface area contributed by atoms with E-state index in [9.17, 15) is 9.90 Å². The molecule has 0 unspecified atom stereocenters. The number of phenols is 1. The van der Waals surface area contributed by atoms with E-state index in [0.29, 0.717) is 5.57 Å². The zero-order valence-electron chi connectivity index (χ0n) is 13.3. The third kappa shape index (κ3) is 4.23. The molecule has 22 heavy (non-hydrogen) atoms. The van der Waals surface area contributed by atoms with Crippen molar-refractivity contribution < 1.29 is 14.6 Å². The van der Waals surface area contributed by atoms with Crippen LogP contribution in [0, 0.1) is 0 Å². The maximum absolute atomic E-state index is 12.2. The van der Waals surface area contributed by atoms with Crippen molar-refractivity contribution >= 4 is 12.0 Å². The summed E-state index contributed by atoms with van der Waals surface area (Å²) in [6, 6.07) is 6.90. The van der Waals surface area contributed by atoms with E-state index in [1.54, 1.807) is 25.1 Å². The normalized spacial score (nSPS) is 17.8. The Bertz CT molecular complexity index is 561. The SMILES string of the molecule is CCC1(OC(=O)C(C)=CC=Cc2ccc(O)cc2)CCCC1. The number of ether oxygens (including phenoxy) is 1. The predicted octanol–water partition coefficient (Wildman–Crippen LogP) is 4.62. The fourth-order valence-electron chi connectivity index (χ4n) is 2.78. The number of carbonyl (C=O) groups excluding carboxylic acids is 1. The molecule has 0 aliphatic heterocycles. The van der Waals surface area contributed by atoms with Crippen molar-refractivity contribution in [2.24, 2.45) is 0 Å². The molecule has 0 bridgehead atoms. The summed E-state index contributed by atoms with van der Waals surface area (Å²) in [5.74, 6) is 0.0213. The van der Waals surface area contributed by atoms with Crippen LogP contribution in [0.4, 0.5) is 0 Å². The van der Waals surface area contributed by atoms with Gasteiger partial charge in [0.2, 0.25) is 0 Å². The van der Waals surface area contributed by atoms with Gasteiger partial charge in [-0.15, -0.1) is 0 Å². The van der Waals surface area contributed by atoms with Crippen LogP contribution in [0.2, 0.25) is 0 Å². The van der Waals surface area contributed by atoms with E-state index in [-0.39, 0.29) is 17.3 Å². The van der Waals surface area contributed by atoms with Crippen LogP contribution in [0.5, 0.6) is 5.75 Å². The molecule has 0 heterocycles. The van der Waals surface area contributed by atoms with Crippen molar-refractivity contribution in [3.05, 3.63) is 47.6 Å². The summed E-state index contributed by atoms with van der Waals surface area (Å²) in [6.07, 6.45) is 10.6. The van der Waals surface area contributed by atoms with Crippen LogP contribution >= 0.6 is 0 Å². The largest absolute Gasteiger partial charge is 0.508 e. The number of phenolic OH excluding ortho intramolecular Hbond substituents is 1. The molecule has 1 N–H and O–H groups in total. The third-order valence-corrected chi connectivity index (χ3v) is 4.32. The third-order valence-electron chi connectivity index (χ3n) is 4.32. The lowest BCUT2D eigenvalue weighted by Crippen LogP contribution is -2.31. The lowest BCUT2D eigenvalue weighted by molar-refractivity contribution is -0.154. The first-order chi connectivity index (χ1) is 10.5. The van der Waals surface area contributed by atoms with Crippen LogP contribution in [0.3, 0.4) is 0 Å². The van der Waals surface area contributed by atoms with Gasteiger partial charge in [0.1, 0.15) is 11.4 Å². The van der Waals surface area contributed by atoms with Crippen LogP contribution in [0.1, 0.15) is 51.5 Å². The highest BCUT2D eigenvalue weighted by Gasteiger charge is 2.35. The summed E-state index contributed by atoms with van der Waals surface area (Å²) in [5, 5.41) is 9.23. The minimum atomic E-state index is -0.243. The Kier molecular flexibility index (Phi) is 5.42. The molecule has 0 radical (unpaired) electrons. The molecule has 0 saturated heterocycles. The van der Waals surface area contributed by atoms with Gasteiger partial charge in [0, 0.05) is 5.57 Å². The number of aromatic hydroxyl groups is 1. The molecule has 1 aliphatic rings. The monoisotopic (exact) mass is 300 g/mol. The van der Waals surface area contributed by atoms with E-state index in [1.807, 2.05) is 24.3 Å². The maximum atomic E-state index is 12.2. The summed E-state index contributed by atoms with van der Waals surface area (Å²) in [6.45, 7) is 3.87. The van der Waals surface area contributed by atoms with Gasteiger partial charge in [-0.05, 0) is 56.7 Å². The average molecular weight is 300 g/mol. The summed E-state index contributed by atoms with van der Waals surface area (Å²) >= 11 is 0. The van der Waals surface area contributed by atoms with Crippen molar-refractivity contribution in [1.29, 1.82) is 0 Å². The van der Waals surface area contributed by atoms with Crippen molar-refractivity contribution in [3.8, 4) is 5.75 Å². The lowest BCUT2D eigenvalue weighted by Gasteiger charge is -2.27. The van der Waals surface area contributed by atoms with E-state index in [4.69, 9.17) is 4.74 Å². The Labute approximate surface area is 132 Å². The first-order valence-corrected chi connectivity index (χ1v) is 7.92. The number of hydrogen-bond donors (Lipinski definition) is 1. The zero-order valence-corrected chi connectivity index (χ0v) is 13.3. The summed E-state index contributed by atoms with van der Waals surface area (Å²) in [5.41, 5.74) is 1.33. The summed E-state index contributed by atoms with van der Waals surface area (Å²) < 4.78 is 5.75. The second kappa shape index (κ2) is 7.30. The summed E-state index contributed by atoms with van der Waals surface area (Å²) in [7, 11) is 0. The van der Waals surface area contributed by atoms with Gasteiger partial charge in [0.25, 0.3) is 0 Å². The standard InChI is InChI=1S/C19H24O3/c1-3-19(13-4-5-14-19)22-18(21)15(2)7-6-8-16-9-11-17(20)12-10-16/h6-12,20H,3-5,13-14H2,1-2H3. The van der Waals surface area contributed by atoms with Crippen LogP contribution < -0.4 is 0 Å². The number of carbonyl (C=O) groups is 1. The molecule has 1 fully saturated rings. The van der Waals surface area contributed by atoms with Gasteiger partial charge in [-0.25, -0.2) is 4.79 Å². The molecule has 0 spiro atoms. The van der Waals surface area contributed by atoms with E-state index >= 15 is 0 Å². The van der Waals surface area contributed by atoms with E-state index in [1.165, 1.54) is 0 Å². The Morgan fingerprint density at radius 1 is 1.27 bits per heavy atom. The molecule has 118 valence electrons. The quantitative estimate of drug-likeness (QED) is 0.490. The smallest absolute Gasteiger partial charge is 0.334 e. The Morgan fingerprint density at radius 2 is 1.91 bits per heavy atom. The molecular weight excluding hydrogens is 276 g/mol. The first-order valence-electron chi connectivity index (χ1n) is 7.92. The molecule has 0 amide bonds. The Morgan fingerprint density at radius 3 is 2.50 bits per heavy atom. The second-order valence-electron chi connectivity index (χ2n) is 5.93. The highest BCUT2D eigenvalue weighted by molar-refractivity contribution is 5.88. The number of benzene rings is 1. The molecule has 1 saturated carbocycles. The van der Waals surface area contributed by atoms with Gasteiger partial charge in [-0.2, -0.15) is 0 Å². The highest BCUT2D eigenvalue weighted by atomic mass is 16.6. The molecule has 0 atom stereocenters. The first kappa shape index (κ1) is 16.3. The van der Waals surface area contributed by atoms with Gasteiger partial charge in [-0.3, -0.25) is 0 Å². The second-order valence-corrected chi connectivity index (χ2v) is 5.93. The van der Waals surface area contributed by atoms with Gasteiger partial charge >= 0.3 is 5.97 Å². The van der Waals surface area contributed by atoms with E-state index in [0.717, 1.165) is 37.7 Å². The van der Waals surface area contributed by atoms with Crippen molar-refractivity contribution in [1.82, 2.24) is 0 Å². The molecule has 1 aromatic rings. The minimum Gasteiger partial charge on any atom is -0.508 e. The molecular formula is C19H24O3. The summed E-state index contributed by atoms with van der Waals surface area (Å²) in [4.78, 5) is 12.2. The van der Waals surface area contributed by atoms with Crippen LogP contribution in [0.15, 0.2) is 42.0 Å². The van der Waals surface area contributed by atoms with E-state index in [2.05, 4.69) is 6.92 Å². The molecule has 3 heteroatoms. The van der Waals surface area contributed by atoms with Crippen LogP contribution in [-0.2, 0) is 9.53 Å². The molecule has 0 aromatic heterocycles. The van der Waals surface area contributed by atoms with Crippen LogP contribution in [0.25, 0.3) is 6.08 Å². The van der Waals surface area contributed by atoms with Gasteiger partial charge < -0.3 is 9.84 Å². The fraction of sp³-hybridized carbons (Fsp3) is 0.421. The van der Waals surface area contributed by atoms with Gasteiger partial charge in [0.05, 0.1) is 0 Å². The van der Waals surface area contributed by atoms with Crippen LogP contribution in [-0.4, -0.2) is 16.7 Å². The van der Waals surface area contributed by atoms with E-state index < -0.39 is 0 Å². The topological polar surface area (TPSA) is 46.5 Å². The molecule has 3 nitrogen and oxygen atoms in total. The van der Waals surface area contributed by atoms with Crippen molar-refractivity contribution in [2.45, 2.75) is 51.6 Å². The molecule has 1 aliphatic carbocycles. The minimum absolute atomic E-state index is 0.223. The zero-order chi connectivity index (χ0) is 16.0. The molecule has 2 rings (SSSR count).